The molecule has 6 nitrogen and oxygen atoms in total. The Bertz CT molecular complexity index is 1470. The summed E-state index contributed by atoms with van der Waals surface area (Å²) in [5.41, 5.74) is 3.63. The van der Waals surface area contributed by atoms with Crippen LogP contribution in [0.15, 0.2) is 36.4 Å². The lowest BCUT2D eigenvalue weighted by molar-refractivity contribution is 0.629. The highest BCUT2D eigenvalue weighted by Crippen LogP contribution is 2.29. The Morgan fingerprint density at radius 3 is 1.74 bits per heavy atom. The average Bonchev–Trinajstić information content (AvgIpc) is 3.22. The van der Waals surface area contributed by atoms with Gasteiger partial charge in [-0.25, -0.2) is 8.78 Å². The maximum atomic E-state index is 13.8. The first-order chi connectivity index (χ1) is 16.1. The lowest BCUT2D eigenvalue weighted by atomic mass is 10.1. The van der Waals surface area contributed by atoms with E-state index < -0.39 is 11.6 Å². The molecule has 2 aromatic heterocycles. The number of benzene rings is 2. The highest BCUT2D eigenvalue weighted by Gasteiger charge is 2.18. The van der Waals surface area contributed by atoms with Crippen molar-refractivity contribution in [2.75, 3.05) is 0 Å². The summed E-state index contributed by atoms with van der Waals surface area (Å²) >= 11 is 11.4. The first-order valence-corrected chi connectivity index (χ1v) is 10.6. The van der Waals surface area contributed by atoms with Gasteiger partial charge in [0.2, 0.25) is 0 Å². The number of nitriles is 2. The highest BCUT2D eigenvalue weighted by atomic mass is 35.5. The van der Waals surface area contributed by atoms with E-state index in [-0.39, 0.29) is 5.56 Å². The predicted molar refractivity (Wildman–Crippen MR) is 126 cm³/mol. The smallest absolute Gasteiger partial charge is 0.141 e. The molecule has 0 saturated carbocycles. The van der Waals surface area contributed by atoms with Gasteiger partial charge in [-0.3, -0.25) is 9.36 Å². The van der Waals surface area contributed by atoms with Crippen LogP contribution in [0.2, 0.25) is 10.0 Å². The van der Waals surface area contributed by atoms with Crippen molar-refractivity contribution in [3.8, 4) is 34.7 Å². The van der Waals surface area contributed by atoms with Crippen LogP contribution in [0, 0.1) is 48.1 Å². The summed E-state index contributed by atoms with van der Waals surface area (Å²) in [5, 5.41) is 27.0. The number of halogens is 4. The molecule has 0 amide bonds. The number of nitrogens with zero attached hydrogens (tertiary/aromatic N) is 6. The maximum Gasteiger partial charge on any atom is 0.141 e. The Morgan fingerprint density at radius 1 is 0.794 bits per heavy atom. The van der Waals surface area contributed by atoms with Gasteiger partial charge in [-0.2, -0.15) is 20.7 Å². The second-order valence-corrected chi connectivity index (χ2v) is 8.22. The SMILES string of the molecule is Cc1c(-c2ccc(Cl)cc2F)nn(C)c1C#N.Cc1c(C#N)c(-c2ccc(Cl)cc2F)nn1C. The molecule has 10 heteroatoms. The van der Waals surface area contributed by atoms with Crippen molar-refractivity contribution in [1.82, 2.24) is 19.6 Å². The number of aromatic nitrogens is 4. The number of aryl methyl sites for hydroxylation is 2. The molecule has 4 aromatic rings. The highest BCUT2D eigenvalue weighted by molar-refractivity contribution is 6.31. The largest absolute Gasteiger partial charge is 0.271 e. The molecule has 0 aliphatic heterocycles. The van der Waals surface area contributed by atoms with Gasteiger partial charge in [-0.05, 0) is 50.2 Å². The number of hydrogen-bond acceptors (Lipinski definition) is 4. The van der Waals surface area contributed by atoms with E-state index in [2.05, 4.69) is 10.2 Å². The van der Waals surface area contributed by atoms with Crippen LogP contribution >= 0.6 is 23.2 Å². The van der Waals surface area contributed by atoms with Crippen molar-refractivity contribution >= 4 is 23.2 Å². The van der Waals surface area contributed by atoms with Crippen molar-refractivity contribution in [3.63, 3.8) is 0 Å². The lowest BCUT2D eigenvalue weighted by Crippen LogP contribution is -1.94. The van der Waals surface area contributed by atoms with Gasteiger partial charge < -0.3 is 0 Å². The molecule has 0 unspecified atom stereocenters. The summed E-state index contributed by atoms with van der Waals surface area (Å²) in [6.07, 6.45) is 0. The molecule has 0 aliphatic carbocycles. The standard InChI is InChI=1S/2C12H9ClFN3/c1-7-10(6-15)12(16-17(7)2)9-4-3-8(13)5-11(9)14;1-7-11(6-15)17(2)16-12(7)9-4-3-8(13)5-10(9)14/h2*3-5H,1-2H3. The minimum Gasteiger partial charge on any atom is -0.271 e. The van der Waals surface area contributed by atoms with Crippen LogP contribution in [0.25, 0.3) is 22.5 Å². The third-order valence-corrected chi connectivity index (χ3v) is 5.68. The fraction of sp³-hybridized carbons (Fsp3) is 0.167. The molecule has 0 fully saturated rings. The Hall–Kier alpha value is -3.72. The lowest BCUT2D eigenvalue weighted by Gasteiger charge is -2.01. The molecule has 172 valence electrons. The zero-order valence-corrected chi connectivity index (χ0v) is 20.2. The Labute approximate surface area is 205 Å². The van der Waals surface area contributed by atoms with Gasteiger partial charge >= 0.3 is 0 Å². The second-order valence-electron chi connectivity index (χ2n) is 7.35. The third-order valence-electron chi connectivity index (χ3n) is 5.21. The van der Waals surface area contributed by atoms with Gasteiger partial charge in [0.05, 0.1) is 11.4 Å². The van der Waals surface area contributed by atoms with E-state index in [1.165, 1.54) is 22.9 Å². The van der Waals surface area contributed by atoms with E-state index in [0.29, 0.717) is 49.5 Å². The topological polar surface area (TPSA) is 83.2 Å². The van der Waals surface area contributed by atoms with Crippen molar-refractivity contribution in [3.05, 3.63) is 80.6 Å². The Balaban J connectivity index is 0.000000191. The second kappa shape index (κ2) is 10.0. The van der Waals surface area contributed by atoms with Crippen molar-refractivity contribution in [2.45, 2.75) is 13.8 Å². The van der Waals surface area contributed by atoms with Gasteiger partial charge in [-0.1, -0.05) is 23.2 Å². The summed E-state index contributed by atoms with van der Waals surface area (Å²) in [4.78, 5) is 0. The van der Waals surface area contributed by atoms with Crippen molar-refractivity contribution in [1.29, 1.82) is 10.5 Å². The van der Waals surface area contributed by atoms with Gasteiger partial charge in [0.25, 0.3) is 0 Å². The molecule has 0 saturated heterocycles. The van der Waals surface area contributed by atoms with Gasteiger partial charge in [0.15, 0.2) is 0 Å². The molecule has 0 atom stereocenters. The molecule has 0 radical (unpaired) electrons. The average molecular weight is 499 g/mol. The molecule has 2 heterocycles. The van der Waals surface area contributed by atoms with Crippen LogP contribution < -0.4 is 0 Å². The predicted octanol–water partition coefficient (Wildman–Crippen LogP) is 6.12. The maximum absolute atomic E-state index is 13.8. The normalized spacial score (nSPS) is 10.3. The molecular weight excluding hydrogens is 481 g/mol. The minimum atomic E-state index is -0.480. The first-order valence-electron chi connectivity index (χ1n) is 9.87. The van der Waals surface area contributed by atoms with Crippen LogP contribution in [0.4, 0.5) is 8.78 Å². The van der Waals surface area contributed by atoms with Gasteiger partial charge in [0.1, 0.15) is 40.7 Å². The molecule has 4 rings (SSSR count). The fourth-order valence-electron chi connectivity index (χ4n) is 3.34. The first kappa shape index (κ1) is 24.9. The number of hydrogen-bond donors (Lipinski definition) is 0. The molecule has 34 heavy (non-hydrogen) atoms. The van der Waals surface area contributed by atoms with E-state index >= 15 is 0 Å². The molecule has 0 bridgehead atoms. The number of rotatable bonds is 2. The summed E-state index contributed by atoms with van der Waals surface area (Å²) in [6, 6.07) is 12.8. The van der Waals surface area contributed by atoms with E-state index in [1.807, 2.05) is 12.1 Å². The van der Waals surface area contributed by atoms with E-state index in [4.69, 9.17) is 33.7 Å². The zero-order chi connectivity index (χ0) is 25.2. The van der Waals surface area contributed by atoms with Crippen molar-refractivity contribution < 1.29 is 8.78 Å². The molecule has 0 N–H and O–H groups in total. The Morgan fingerprint density at radius 2 is 1.29 bits per heavy atom. The van der Waals surface area contributed by atoms with Crippen LogP contribution in [0.5, 0.6) is 0 Å². The monoisotopic (exact) mass is 498 g/mol. The minimum absolute atomic E-state index is 0.287. The zero-order valence-electron chi connectivity index (χ0n) is 18.7. The quantitative estimate of drug-likeness (QED) is 0.333. The van der Waals surface area contributed by atoms with Crippen LogP contribution in [-0.2, 0) is 14.1 Å². The summed E-state index contributed by atoms with van der Waals surface area (Å²) < 4.78 is 30.5. The van der Waals surface area contributed by atoms with Gasteiger partial charge in [-0.15, -0.1) is 0 Å². The molecular formula is C24H18Cl2F2N6. The summed E-state index contributed by atoms with van der Waals surface area (Å²) in [5.74, 6) is -0.921. The third kappa shape index (κ3) is 4.79. The van der Waals surface area contributed by atoms with E-state index in [1.54, 1.807) is 50.8 Å². The van der Waals surface area contributed by atoms with Gasteiger partial charge in [0, 0.05) is 40.8 Å². The Kier molecular flexibility index (Phi) is 7.36. The van der Waals surface area contributed by atoms with Crippen LogP contribution in [0.3, 0.4) is 0 Å². The summed E-state index contributed by atoms with van der Waals surface area (Å²) in [6.45, 7) is 3.51. The summed E-state index contributed by atoms with van der Waals surface area (Å²) in [7, 11) is 3.37. The molecule has 0 aliphatic rings. The van der Waals surface area contributed by atoms with E-state index in [0.717, 1.165) is 0 Å². The fourth-order valence-corrected chi connectivity index (χ4v) is 3.65. The molecule has 2 aromatic carbocycles. The van der Waals surface area contributed by atoms with Crippen LogP contribution in [0.1, 0.15) is 22.5 Å². The van der Waals surface area contributed by atoms with Crippen molar-refractivity contribution in [2.24, 2.45) is 14.1 Å². The molecule has 0 spiro atoms. The van der Waals surface area contributed by atoms with Crippen LogP contribution in [-0.4, -0.2) is 19.6 Å². The van der Waals surface area contributed by atoms with E-state index in [9.17, 15) is 8.78 Å².